The highest BCUT2D eigenvalue weighted by Crippen LogP contribution is 2.39. The average Bonchev–Trinajstić information content (AvgIpc) is 3.42. The SMILES string of the molecule is O=C(NC1CC1)[C@H](Sc1nc2ccccc2c(=O)n1C1CCCC1)c1ccccc1. The van der Waals surface area contributed by atoms with E-state index in [4.69, 9.17) is 4.98 Å². The Kier molecular flexibility index (Phi) is 5.34. The summed E-state index contributed by atoms with van der Waals surface area (Å²) in [5.74, 6) is -0.00548. The number of hydrogen-bond acceptors (Lipinski definition) is 4. The van der Waals surface area contributed by atoms with E-state index in [1.54, 1.807) is 0 Å². The van der Waals surface area contributed by atoms with E-state index in [0.717, 1.165) is 44.1 Å². The molecule has 1 atom stereocenters. The van der Waals surface area contributed by atoms with Crippen molar-refractivity contribution in [2.24, 2.45) is 0 Å². The molecule has 2 aromatic carbocycles. The maximum atomic E-state index is 13.4. The predicted molar refractivity (Wildman–Crippen MR) is 120 cm³/mol. The number of benzene rings is 2. The van der Waals surface area contributed by atoms with Crippen LogP contribution in [-0.2, 0) is 4.79 Å². The Morgan fingerprint density at radius 3 is 2.43 bits per heavy atom. The lowest BCUT2D eigenvalue weighted by atomic mass is 10.1. The molecule has 3 aromatic rings. The Morgan fingerprint density at radius 1 is 1.00 bits per heavy atom. The van der Waals surface area contributed by atoms with Crippen LogP contribution in [0, 0.1) is 0 Å². The van der Waals surface area contributed by atoms with Crippen LogP contribution in [-0.4, -0.2) is 21.5 Å². The van der Waals surface area contributed by atoms with Gasteiger partial charge in [-0.15, -0.1) is 0 Å². The zero-order valence-corrected chi connectivity index (χ0v) is 17.6. The molecule has 2 aliphatic rings. The van der Waals surface area contributed by atoms with Crippen molar-refractivity contribution in [3.05, 3.63) is 70.5 Å². The second kappa shape index (κ2) is 8.26. The summed E-state index contributed by atoms with van der Waals surface area (Å²) >= 11 is 1.40. The molecule has 0 aliphatic heterocycles. The molecule has 1 heterocycles. The van der Waals surface area contributed by atoms with Crippen LogP contribution in [0.2, 0.25) is 0 Å². The predicted octanol–water partition coefficient (Wildman–Crippen LogP) is 4.62. The average molecular weight is 420 g/mol. The summed E-state index contributed by atoms with van der Waals surface area (Å²) < 4.78 is 1.86. The van der Waals surface area contributed by atoms with Gasteiger partial charge in [0.2, 0.25) is 5.91 Å². The second-order valence-corrected chi connectivity index (χ2v) is 9.29. The van der Waals surface area contributed by atoms with Gasteiger partial charge in [-0.3, -0.25) is 14.2 Å². The zero-order chi connectivity index (χ0) is 20.5. The Balaban J connectivity index is 1.59. The van der Waals surface area contributed by atoms with Gasteiger partial charge in [-0.2, -0.15) is 0 Å². The highest BCUT2D eigenvalue weighted by Gasteiger charge is 2.31. The Labute approximate surface area is 179 Å². The number of aromatic nitrogens is 2. The quantitative estimate of drug-likeness (QED) is 0.468. The van der Waals surface area contributed by atoms with Gasteiger partial charge >= 0.3 is 0 Å². The molecule has 0 radical (unpaired) electrons. The maximum Gasteiger partial charge on any atom is 0.262 e. The lowest BCUT2D eigenvalue weighted by molar-refractivity contribution is -0.120. The van der Waals surface area contributed by atoms with Crippen LogP contribution in [0.4, 0.5) is 0 Å². The minimum atomic E-state index is -0.437. The van der Waals surface area contributed by atoms with E-state index < -0.39 is 5.25 Å². The molecule has 2 saturated carbocycles. The topological polar surface area (TPSA) is 64.0 Å². The number of hydrogen-bond donors (Lipinski definition) is 1. The molecule has 5 rings (SSSR count). The van der Waals surface area contributed by atoms with Crippen molar-refractivity contribution < 1.29 is 4.79 Å². The third-order valence-electron chi connectivity index (χ3n) is 5.95. The number of nitrogens with one attached hydrogen (secondary N) is 1. The van der Waals surface area contributed by atoms with Gasteiger partial charge in [0, 0.05) is 12.1 Å². The van der Waals surface area contributed by atoms with Gasteiger partial charge in [-0.25, -0.2) is 4.98 Å². The van der Waals surface area contributed by atoms with Crippen molar-refractivity contribution in [3.63, 3.8) is 0 Å². The molecule has 0 saturated heterocycles. The molecule has 0 spiro atoms. The molecule has 5 nitrogen and oxygen atoms in total. The van der Waals surface area contributed by atoms with Gasteiger partial charge in [-0.1, -0.05) is 67.1 Å². The second-order valence-electron chi connectivity index (χ2n) is 8.22. The molecule has 1 amide bonds. The van der Waals surface area contributed by atoms with Crippen LogP contribution in [0.5, 0.6) is 0 Å². The minimum Gasteiger partial charge on any atom is -0.352 e. The van der Waals surface area contributed by atoms with E-state index in [0.29, 0.717) is 16.1 Å². The fraction of sp³-hybridized carbons (Fsp3) is 0.375. The lowest BCUT2D eigenvalue weighted by Crippen LogP contribution is -2.31. The van der Waals surface area contributed by atoms with Crippen LogP contribution >= 0.6 is 11.8 Å². The molecular formula is C24H25N3O2S. The Bertz CT molecular complexity index is 1120. The van der Waals surface area contributed by atoms with E-state index in [1.807, 2.05) is 59.2 Å². The minimum absolute atomic E-state index is 0.00409. The Hall–Kier alpha value is -2.60. The molecule has 6 heteroatoms. The first-order chi connectivity index (χ1) is 14.7. The van der Waals surface area contributed by atoms with Crippen molar-refractivity contribution in [3.8, 4) is 0 Å². The largest absolute Gasteiger partial charge is 0.352 e. The highest BCUT2D eigenvalue weighted by atomic mass is 32.2. The summed E-state index contributed by atoms with van der Waals surface area (Å²) in [5.41, 5.74) is 1.62. The number of thioether (sulfide) groups is 1. The highest BCUT2D eigenvalue weighted by molar-refractivity contribution is 8.00. The molecule has 0 unspecified atom stereocenters. The summed E-state index contributed by atoms with van der Waals surface area (Å²) in [6, 6.07) is 17.7. The summed E-state index contributed by atoms with van der Waals surface area (Å²) in [6.45, 7) is 0. The molecule has 2 aliphatic carbocycles. The van der Waals surface area contributed by atoms with E-state index in [-0.39, 0.29) is 23.6 Å². The summed E-state index contributed by atoms with van der Waals surface area (Å²) in [6.07, 6.45) is 6.30. The number of amides is 1. The number of carbonyl (C=O) groups excluding carboxylic acids is 1. The first-order valence-corrected chi connectivity index (χ1v) is 11.6. The van der Waals surface area contributed by atoms with Crippen molar-refractivity contribution in [2.45, 2.75) is 61.0 Å². The van der Waals surface area contributed by atoms with Gasteiger partial charge in [0.15, 0.2) is 5.16 Å². The van der Waals surface area contributed by atoms with Crippen LogP contribution in [0.25, 0.3) is 10.9 Å². The zero-order valence-electron chi connectivity index (χ0n) is 16.8. The first kappa shape index (κ1) is 19.4. The van der Waals surface area contributed by atoms with E-state index >= 15 is 0 Å². The summed E-state index contributed by atoms with van der Waals surface area (Å²) in [4.78, 5) is 31.4. The molecule has 2 fully saturated rings. The molecule has 154 valence electrons. The fourth-order valence-corrected chi connectivity index (χ4v) is 5.38. The van der Waals surface area contributed by atoms with Crippen LogP contribution in [0.1, 0.15) is 55.4 Å². The van der Waals surface area contributed by atoms with E-state index in [1.165, 1.54) is 11.8 Å². The lowest BCUT2D eigenvalue weighted by Gasteiger charge is -2.22. The number of para-hydroxylation sites is 1. The molecule has 0 bridgehead atoms. The van der Waals surface area contributed by atoms with Gasteiger partial charge in [0.25, 0.3) is 5.56 Å². The third kappa shape index (κ3) is 3.88. The third-order valence-corrected chi connectivity index (χ3v) is 7.17. The monoisotopic (exact) mass is 419 g/mol. The Morgan fingerprint density at radius 2 is 1.70 bits per heavy atom. The van der Waals surface area contributed by atoms with Gasteiger partial charge in [-0.05, 0) is 43.4 Å². The number of carbonyl (C=O) groups is 1. The van der Waals surface area contributed by atoms with Crippen molar-refractivity contribution in [1.82, 2.24) is 14.9 Å². The number of nitrogens with zero attached hydrogens (tertiary/aromatic N) is 2. The molecule has 1 N–H and O–H groups in total. The van der Waals surface area contributed by atoms with Crippen molar-refractivity contribution in [2.75, 3.05) is 0 Å². The van der Waals surface area contributed by atoms with Crippen molar-refractivity contribution >= 4 is 28.6 Å². The maximum absolute atomic E-state index is 13.4. The van der Waals surface area contributed by atoms with E-state index in [2.05, 4.69) is 5.32 Å². The van der Waals surface area contributed by atoms with E-state index in [9.17, 15) is 9.59 Å². The summed E-state index contributed by atoms with van der Waals surface area (Å²) in [7, 11) is 0. The summed E-state index contributed by atoms with van der Waals surface area (Å²) in [5, 5.41) is 3.99. The molecular weight excluding hydrogens is 394 g/mol. The van der Waals surface area contributed by atoms with Crippen molar-refractivity contribution in [1.29, 1.82) is 0 Å². The van der Waals surface area contributed by atoms with Gasteiger partial charge in [0.05, 0.1) is 10.9 Å². The number of fused-ring (bicyclic) bond motifs is 1. The number of rotatable bonds is 6. The van der Waals surface area contributed by atoms with Crippen LogP contribution in [0.3, 0.4) is 0 Å². The normalized spacial score (nSPS) is 17.9. The first-order valence-electron chi connectivity index (χ1n) is 10.7. The van der Waals surface area contributed by atoms with Gasteiger partial charge in [0.1, 0.15) is 5.25 Å². The molecule has 1 aromatic heterocycles. The standard InChI is InChI=1S/C24H25N3O2S/c28-22(25-17-14-15-17)21(16-8-2-1-3-9-16)30-24-26-20-13-7-6-12-19(20)23(29)27(24)18-10-4-5-11-18/h1-3,6-9,12-13,17-18,21H,4-5,10-11,14-15H2,(H,25,28)/t21-/m1/s1. The smallest absolute Gasteiger partial charge is 0.262 e. The molecule has 30 heavy (non-hydrogen) atoms. The van der Waals surface area contributed by atoms with Crippen LogP contribution in [0.15, 0.2) is 64.5 Å². The fourth-order valence-electron chi connectivity index (χ4n) is 4.20. The van der Waals surface area contributed by atoms with Gasteiger partial charge < -0.3 is 5.32 Å². The van der Waals surface area contributed by atoms with Crippen LogP contribution < -0.4 is 10.9 Å².